The summed E-state index contributed by atoms with van der Waals surface area (Å²) in [6.07, 6.45) is 1.56. The molecule has 1 atom stereocenters. The fourth-order valence-electron chi connectivity index (χ4n) is 0.754. The second-order valence-corrected chi connectivity index (χ2v) is 2.52. The fraction of sp³-hybridized carbons (Fsp3) is 0.375. The normalized spacial score (nSPS) is 12.8. The molecule has 4 nitrogen and oxygen atoms in total. The van der Waals surface area contributed by atoms with Gasteiger partial charge in [0.25, 0.3) is 0 Å². The molecule has 0 radical (unpaired) electrons. The lowest BCUT2D eigenvalue weighted by molar-refractivity contribution is -0.139. The number of nitrogens with one attached hydrogen (secondary N) is 1. The Kier molecular flexibility index (Phi) is 2.88. The Morgan fingerprint density at radius 1 is 1.83 bits per heavy atom. The molecule has 1 aromatic heterocycles. The lowest BCUT2D eigenvalue weighted by atomic mass is 10.3. The van der Waals surface area contributed by atoms with E-state index in [2.05, 4.69) is 5.32 Å². The summed E-state index contributed by atoms with van der Waals surface area (Å²) in [6.45, 7) is 2.03. The Morgan fingerprint density at radius 2 is 2.58 bits per heavy atom. The molecule has 0 amide bonds. The van der Waals surface area contributed by atoms with Gasteiger partial charge in [-0.2, -0.15) is 0 Å². The van der Waals surface area contributed by atoms with E-state index in [-0.39, 0.29) is 0 Å². The van der Waals surface area contributed by atoms with Gasteiger partial charge in [-0.3, -0.25) is 10.1 Å². The van der Waals surface area contributed by atoms with E-state index in [0.29, 0.717) is 6.54 Å². The molecule has 0 saturated carbocycles. The zero-order valence-electron chi connectivity index (χ0n) is 6.78. The van der Waals surface area contributed by atoms with Crippen LogP contribution in [-0.4, -0.2) is 17.1 Å². The molecule has 0 bridgehead atoms. The van der Waals surface area contributed by atoms with Crippen LogP contribution in [0.1, 0.15) is 12.7 Å². The third-order valence-electron chi connectivity index (χ3n) is 1.53. The number of furan rings is 1. The van der Waals surface area contributed by atoms with Gasteiger partial charge in [-0.05, 0) is 19.1 Å². The molecule has 0 aliphatic heterocycles. The second kappa shape index (κ2) is 3.92. The van der Waals surface area contributed by atoms with Crippen molar-refractivity contribution in [3.63, 3.8) is 0 Å². The third-order valence-corrected chi connectivity index (χ3v) is 1.53. The fourth-order valence-corrected chi connectivity index (χ4v) is 0.754. The molecule has 2 N–H and O–H groups in total. The molecular weight excluding hydrogens is 158 g/mol. The summed E-state index contributed by atoms with van der Waals surface area (Å²) in [4.78, 5) is 10.4. The van der Waals surface area contributed by atoms with E-state index < -0.39 is 12.0 Å². The van der Waals surface area contributed by atoms with Crippen molar-refractivity contribution in [2.24, 2.45) is 0 Å². The number of carbonyl (C=O) groups is 1. The van der Waals surface area contributed by atoms with Crippen molar-refractivity contribution in [3.05, 3.63) is 24.2 Å². The molecular formula is C8H11NO3. The van der Waals surface area contributed by atoms with Crippen molar-refractivity contribution in [1.29, 1.82) is 0 Å². The highest BCUT2D eigenvalue weighted by Crippen LogP contribution is 1.99. The minimum absolute atomic E-state index is 0.445. The minimum Gasteiger partial charge on any atom is -0.480 e. The maximum atomic E-state index is 10.4. The second-order valence-electron chi connectivity index (χ2n) is 2.52. The zero-order valence-corrected chi connectivity index (χ0v) is 6.78. The first kappa shape index (κ1) is 8.80. The smallest absolute Gasteiger partial charge is 0.320 e. The molecule has 1 aromatic rings. The van der Waals surface area contributed by atoms with Crippen LogP contribution < -0.4 is 5.32 Å². The van der Waals surface area contributed by atoms with Crippen LogP contribution in [0.2, 0.25) is 0 Å². The van der Waals surface area contributed by atoms with Crippen LogP contribution in [0, 0.1) is 0 Å². The van der Waals surface area contributed by atoms with Crippen LogP contribution in [0.15, 0.2) is 22.8 Å². The van der Waals surface area contributed by atoms with E-state index in [9.17, 15) is 4.79 Å². The van der Waals surface area contributed by atoms with Gasteiger partial charge in [0, 0.05) is 0 Å². The molecule has 0 fully saturated rings. The average Bonchev–Trinajstić information content (AvgIpc) is 2.51. The number of hydrogen-bond donors (Lipinski definition) is 2. The molecule has 66 valence electrons. The van der Waals surface area contributed by atoms with Gasteiger partial charge in [-0.25, -0.2) is 0 Å². The summed E-state index contributed by atoms with van der Waals surface area (Å²) in [7, 11) is 0. The van der Waals surface area contributed by atoms with Crippen molar-refractivity contribution < 1.29 is 14.3 Å². The van der Waals surface area contributed by atoms with Crippen molar-refractivity contribution in [2.45, 2.75) is 19.5 Å². The topological polar surface area (TPSA) is 62.5 Å². The minimum atomic E-state index is -0.860. The zero-order chi connectivity index (χ0) is 8.97. The summed E-state index contributed by atoms with van der Waals surface area (Å²) in [5, 5.41) is 11.3. The van der Waals surface area contributed by atoms with Gasteiger partial charge in [0.15, 0.2) is 0 Å². The lowest BCUT2D eigenvalue weighted by Gasteiger charge is -2.06. The Labute approximate surface area is 70.2 Å². The molecule has 1 heterocycles. The predicted octanol–water partition coefficient (Wildman–Crippen LogP) is 0.842. The maximum Gasteiger partial charge on any atom is 0.320 e. The van der Waals surface area contributed by atoms with Gasteiger partial charge >= 0.3 is 5.97 Å². The summed E-state index contributed by atoms with van der Waals surface area (Å²) < 4.78 is 5.01. The standard InChI is InChI=1S/C8H11NO3/c1-6(8(10)11)9-5-7-3-2-4-12-7/h2-4,6,9H,5H2,1H3,(H,10,11). The molecule has 0 aliphatic carbocycles. The molecule has 0 aliphatic rings. The highest BCUT2D eigenvalue weighted by Gasteiger charge is 2.09. The SMILES string of the molecule is CC(NCc1ccco1)C(=O)O. The van der Waals surface area contributed by atoms with Crippen LogP contribution in [0.5, 0.6) is 0 Å². The van der Waals surface area contributed by atoms with Crippen LogP contribution in [0.25, 0.3) is 0 Å². The first-order chi connectivity index (χ1) is 5.70. The summed E-state index contributed by atoms with van der Waals surface area (Å²) in [5.74, 6) is -0.121. The summed E-state index contributed by atoms with van der Waals surface area (Å²) >= 11 is 0. The van der Waals surface area contributed by atoms with Crippen LogP contribution in [0.4, 0.5) is 0 Å². The highest BCUT2D eigenvalue weighted by atomic mass is 16.4. The molecule has 4 heteroatoms. The van der Waals surface area contributed by atoms with Gasteiger partial charge in [0.1, 0.15) is 11.8 Å². The Bertz CT molecular complexity index is 243. The Hall–Kier alpha value is -1.29. The van der Waals surface area contributed by atoms with Crippen LogP contribution in [0.3, 0.4) is 0 Å². The van der Waals surface area contributed by atoms with E-state index in [1.807, 2.05) is 0 Å². The van der Waals surface area contributed by atoms with Gasteiger partial charge < -0.3 is 9.52 Å². The maximum absolute atomic E-state index is 10.4. The number of carboxylic acid groups (broad SMARTS) is 1. The summed E-state index contributed by atoms with van der Waals surface area (Å²) in [5.41, 5.74) is 0. The quantitative estimate of drug-likeness (QED) is 0.701. The van der Waals surface area contributed by atoms with Gasteiger partial charge in [0.2, 0.25) is 0 Å². The first-order valence-electron chi connectivity index (χ1n) is 3.68. The van der Waals surface area contributed by atoms with E-state index in [1.165, 1.54) is 0 Å². The Morgan fingerprint density at radius 3 is 3.08 bits per heavy atom. The largest absolute Gasteiger partial charge is 0.480 e. The molecule has 0 spiro atoms. The van der Waals surface area contributed by atoms with Gasteiger partial charge in [-0.15, -0.1) is 0 Å². The molecule has 0 saturated heterocycles. The van der Waals surface area contributed by atoms with Crippen LogP contribution >= 0.6 is 0 Å². The third kappa shape index (κ3) is 2.39. The molecule has 12 heavy (non-hydrogen) atoms. The van der Waals surface area contributed by atoms with Gasteiger partial charge in [0.05, 0.1) is 12.8 Å². The van der Waals surface area contributed by atoms with E-state index >= 15 is 0 Å². The molecule has 1 unspecified atom stereocenters. The van der Waals surface area contributed by atoms with E-state index in [0.717, 1.165) is 5.76 Å². The number of hydrogen-bond acceptors (Lipinski definition) is 3. The predicted molar refractivity (Wildman–Crippen MR) is 42.6 cm³/mol. The molecule has 1 rings (SSSR count). The molecule has 0 aromatic carbocycles. The Balaban J connectivity index is 2.31. The monoisotopic (exact) mass is 169 g/mol. The first-order valence-corrected chi connectivity index (χ1v) is 3.68. The number of rotatable bonds is 4. The average molecular weight is 169 g/mol. The highest BCUT2D eigenvalue weighted by molar-refractivity contribution is 5.72. The lowest BCUT2D eigenvalue weighted by Crippen LogP contribution is -2.32. The van der Waals surface area contributed by atoms with E-state index in [4.69, 9.17) is 9.52 Å². The van der Waals surface area contributed by atoms with E-state index in [1.54, 1.807) is 25.3 Å². The van der Waals surface area contributed by atoms with Crippen molar-refractivity contribution in [2.75, 3.05) is 0 Å². The number of carboxylic acids is 1. The van der Waals surface area contributed by atoms with Crippen molar-refractivity contribution >= 4 is 5.97 Å². The van der Waals surface area contributed by atoms with Gasteiger partial charge in [-0.1, -0.05) is 0 Å². The van der Waals surface area contributed by atoms with Crippen LogP contribution in [-0.2, 0) is 11.3 Å². The number of aliphatic carboxylic acids is 1. The van der Waals surface area contributed by atoms with Crippen molar-refractivity contribution in [1.82, 2.24) is 5.32 Å². The summed E-state index contributed by atoms with van der Waals surface area (Å²) in [6, 6.07) is 3.01. The van der Waals surface area contributed by atoms with Crippen molar-refractivity contribution in [3.8, 4) is 0 Å².